The normalized spacial score (nSPS) is 16.3. The summed E-state index contributed by atoms with van der Waals surface area (Å²) in [6, 6.07) is 0. The molecule has 1 amide bonds. The first-order chi connectivity index (χ1) is 8.63. The van der Waals surface area contributed by atoms with Crippen molar-refractivity contribution >= 4 is 12.1 Å². The van der Waals surface area contributed by atoms with Crippen molar-refractivity contribution in [3.63, 3.8) is 0 Å². The zero-order valence-electron chi connectivity index (χ0n) is 10.7. The van der Waals surface area contributed by atoms with Gasteiger partial charge < -0.3 is 20.1 Å². The molecule has 1 rings (SSSR count). The second-order valence-electron chi connectivity index (χ2n) is 4.07. The zero-order valence-corrected chi connectivity index (χ0v) is 10.7. The van der Waals surface area contributed by atoms with Crippen LogP contribution in [-0.2, 0) is 14.3 Å². The van der Waals surface area contributed by atoms with Crippen LogP contribution in [0.1, 0.15) is 26.2 Å². The predicted octanol–water partition coefficient (Wildman–Crippen LogP) is 1.01. The van der Waals surface area contributed by atoms with Crippen LogP contribution in [0.4, 0.5) is 4.79 Å². The number of piperidine rings is 1. The number of esters is 1. The number of likely N-dealkylation sites (tertiary alicyclic amines) is 1. The minimum absolute atomic E-state index is 0.0891. The Hall–Kier alpha value is -1.72. The van der Waals surface area contributed by atoms with Crippen molar-refractivity contribution in [2.75, 3.05) is 26.3 Å². The van der Waals surface area contributed by atoms with Gasteiger partial charge in [0.2, 0.25) is 0 Å². The number of ether oxygens (including phenoxy) is 2. The number of rotatable bonds is 4. The van der Waals surface area contributed by atoms with Crippen LogP contribution in [0.25, 0.3) is 0 Å². The number of carbonyl (C=O) groups is 2. The van der Waals surface area contributed by atoms with Gasteiger partial charge in [0, 0.05) is 19.2 Å². The Balaban J connectivity index is 2.30. The molecular formula is C12H20N2O4. The average molecular weight is 256 g/mol. The van der Waals surface area contributed by atoms with E-state index in [0.717, 1.165) is 38.4 Å². The molecule has 102 valence electrons. The van der Waals surface area contributed by atoms with Gasteiger partial charge in [-0.3, -0.25) is 0 Å². The van der Waals surface area contributed by atoms with Crippen molar-refractivity contribution in [3.05, 3.63) is 11.8 Å². The highest BCUT2D eigenvalue weighted by atomic mass is 16.6. The van der Waals surface area contributed by atoms with Gasteiger partial charge in [-0.1, -0.05) is 0 Å². The van der Waals surface area contributed by atoms with Gasteiger partial charge in [0.1, 0.15) is 6.61 Å². The molecule has 0 unspecified atom stereocenters. The third kappa shape index (κ3) is 5.07. The molecule has 6 heteroatoms. The summed E-state index contributed by atoms with van der Waals surface area (Å²) in [5.74, 6) is -0.524. The first-order valence-corrected chi connectivity index (χ1v) is 6.18. The highest BCUT2D eigenvalue weighted by Crippen LogP contribution is 2.09. The summed E-state index contributed by atoms with van der Waals surface area (Å²) in [4.78, 5) is 24.3. The largest absolute Gasteiger partial charge is 0.463 e. The fraction of sp³-hybridized carbons (Fsp3) is 0.667. The molecule has 0 bridgehead atoms. The quantitative estimate of drug-likeness (QED) is 0.599. The van der Waals surface area contributed by atoms with Gasteiger partial charge in [-0.05, 0) is 26.2 Å². The molecule has 0 aromatic rings. The lowest BCUT2D eigenvalue weighted by Gasteiger charge is -2.25. The van der Waals surface area contributed by atoms with Gasteiger partial charge in [-0.15, -0.1) is 0 Å². The summed E-state index contributed by atoms with van der Waals surface area (Å²) >= 11 is 0. The Kier molecular flexibility index (Phi) is 6.04. The Morgan fingerprint density at radius 2 is 1.89 bits per heavy atom. The third-order valence-electron chi connectivity index (χ3n) is 2.57. The van der Waals surface area contributed by atoms with Gasteiger partial charge in [-0.2, -0.15) is 0 Å². The molecule has 1 saturated heterocycles. The van der Waals surface area contributed by atoms with Crippen molar-refractivity contribution in [1.82, 2.24) is 4.90 Å². The summed E-state index contributed by atoms with van der Waals surface area (Å²) in [5.41, 5.74) is 5.73. The predicted molar refractivity (Wildman–Crippen MR) is 65.7 cm³/mol. The number of hydrogen-bond donors (Lipinski definition) is 1. The highest BCUT2D eigenvalue weighted by molar-refractivity contribution is 5.82. The van der Waals surface area contributed by atoms with Gasteiger partial charge in [0.15, 0.2) is 0 Å². The number of nitrogens with zero attached hydrogens (tertiary/aromatic N) is 1. The summed E-state index contributed by atoms with van der Waals surface area (Å²) in [6.45, 7) is 3.35. The molecule has 2 N–H and O–H groups in total. The number of nitrogens with two attached hydrogens (primary N) is 1. The Morgan fingerprint density at radius 3 is 2.50 bits per heavy atom. The Labute approximate surface area is 107 Å². The van der Waals surface area contributed by atoms with Crippen molar-refractivity contribution < 1.29 is 19.1 Å². The van der Waals surface area contributed by atoms with Crippen molar-refractivity contribution in [1.29, 1.82) is 0 Å². The summed E-state index contributed by atoms with van der Waals surface area (Å²) < 4.78 is 9.70. The van der Waals surface area contributed by atoms with Crippen molar-refractivity contribution in [3.8, 4) is 0 Å². The Morgan fingerprint density at radius 1 is 1.22 bits per heavy atom. The minimum Gasteiger partial charge on any atom is -0.463 e. The van der Waals surface area contributed by atoms with Gasteiger partial charge in [0.05, 0.1) is 12.3 Å². The second-order valence-corrected chi connectivity index (χ2v) is 4.07. The number of carbonyl (C=O) groups excluding carboxylic acids is 2. The van der Waals surface area contributed by atoms with E-state index in [0.29, 0.717) is 0 Å². The standard InChI is InChI=1S/C12H20N2O4/c1-2-17-11(15)8-10(13)9-18-12(16)14-6-4-3-5-7-14/h8H,2-7,9,13H2,1H3/b10-8-. The first kappa shape index (κ1) is 14.3. The van der Waals surface area contributed by atoms with Crippen LogP contribution < -0.4 is 5.73 Å². The summed E-state index contributed by atoms with van der Waals surface area (Å²) in [6.07, 6.45) is 3.91. The maximum atomic E-state index is 11.6. The minimum atomic E-state index is -0.524. The molecule has 0 atom stereocenters. The molecule has 6 nitrogen and oxygen atoms in total. The van der Waals surface area contributed by atoms with E-state index in [1.54, 1.807) is 11.8 Å². The average Bonchev–Trinajstić information content (AvgIpc) is 2.37. The van der Waals surface area contributed by atoms with Crippen LogP contribution in [0.3, 0.4) is 0 Å². The molecule has 0 aromatic heterocycles. The van der Waals surface area contributed by atoms with E-state index < -0.39 is 5.97 Å². The first-order valence-electron chi connectivity index (χ1n) is 6.18. The van der Waals surface area contributed by atoms with E-state index in [1.807, 2.05) is 0 Å². The van der Waals surface area contributed by atoms with E-state index in [-0.39, 0.29) is 25.0 Å². The van der Waals surface area contributed by atoms with E-state index in [2.05, 4.69) is 4.74 Å². The van der Waals surface area contributed by atoms with Gasteiger partial charge in [0.25, 0.3) is 0 Å². The Bertz CT molecular complexity index is 322. The molecule has 0 aromatic carbocycles. The monoisotopic (exact) mass is 256 g/mol. The molecule has 0 spiro atoms. The van der Waals surface area contributed by atoms with Crippen LogP contribution in [0.2, 0.25) is 0 Å². The van der Waals surface area contributed by atoms with E-state index in [9.17, 15) is 9.59 Å². The lowest BCUT2D eigenvalue weighted by molar-refractivity contribution is -0.137. The topological polar surface area (TPSA) is 81.9 Å². The molecule has 1 heterocycles. The highest BCUT2D eigenvalue weighted by Gasteiger charge is 2.17. The maximum Gasteiger partial charge on any atom is 0.410 e. The zero-order chi connectivity index (χ0) is 13.4. The van der Waals surface area contributed by atoms with Crippen LogP contribution >= 0.6 is 0 Å². The molecule has 0 aliphatic carbocycles. The molecular weight excluding hydrogens is 236 g/mol. The summed E-state index contributed by atoms with van der Waals surface area (Å²) in [7, 11) is 0. The van der Waals surface area contributed by atoms with Crippen molar-refractivity contribution in [2.45, 2.75) is 26.2 Å². The van der Waals surface area contributed by atoms with E-state index in [4.69, 9.17) is 10.5 Å². The van der Waals surface area contributed by atoms with Gasteiger partial charge >= 0.3 is 12.1 Å². The van der Waals surface area contributed by atoms with E-state index in [1.165, 1.54) is 0 Å². The maximum absolute atomic E-state index is 11.6. The molecule has 18 heavy (non-hydrogen) atoms. The van der Waals surface area contributed by atoms with Gasteiger partial charge in [-0.25, -0.2) is 9.59 Å². The van der Waals surface area contributed by atoms with Crippen LogP contribution in [0.15, 0.2) is 11.8 Å². The molecule has 0 radical (unpaired) electrons. The summed E-state index contributed by atoms with van der Waals surface area (Å²) in [5, 5.41) is 0. The number of hydrogen-bond acceptors (Lipinski definition) is 5. The molecule has 0 saturated carbocycles. The van der Waals surface area contributed by atoms with Crippen molar-refractivity contribution in [2.24, 2.45) is 5.73 Å². The fourth-order valence-electron chi connectivity index (χ4n) is 1.69. The fourth-order valence-corrected chi connectivity index (χ4v) is 1.69. The second kappa shape index (κ2) is 7.58. The van der Waals surface area contributed by atoms with E-state index >= 15 is 0 Å². The smallest absolute Gasteiger partial charge is 0.410 e. The molecule has 1 fully saturated rings. The third-order valence-corrected chi connectivity index (χ3v) is 2.57. The molecule has 1 aliphatic rings. The lowest BCUT2D eigenvalue weighted by Crippen LogP contribution is -2.36. The van der Waals surface area contributed by atoms with Crippen LogP contribution in [0.5, 0.6) is 0 Å². The molecule has 1 aliphatic heterocycles. The van der Waals surface area contributed by atoms with Crippen LogP contribution in [0, 0.1) is 0 Å². The van der Waals surface area contributed by atoms with Crippen LogP contribution in [-0.4, -0.2) is 43.3 Å². The lowest BCUT2D eigenvalue weighted by atomic mass is 10.1. The SMILES string of the molecule is CCOC(=O)/C=C(\N)COC(=O)N1CCCCC1. The number of amides is 1.